The Labute approximate surface area is 117 Å². The van der Waals surface area contributed by atoms with Gasteiger partial charge in [0.15, 0.2) is 5.11 Å². The van der Waals surface area contributed by atoms with Gasteiger partial charge in [-0.25, -0.2) is 0 Å². The van der Waals surface area contributed by atoms with Crippen molar-refractivity contribution in [2.24, 2.45) is 5.73 Å². The van der Waals surface area contributed by atoms with Gasteiger partial charge in [0, 0.05) is 17.1 Å². The van der Waals surface area contributed by atoms with E-state index in [9.17, 15) is 0 Å². The highest BCUT2D eigenvalue weighted by Gasteiger charge is 2.12. The maximum atomic E-state index is 5.51. The molecule has 0 bridgehead atoms. The summed E-state index contributed by atoms with van der Waals surface area (Å²) >= 11 is 4.87. The molecule has 3 rings (SSSR count). The molecule has 0 spiro atoms. The predicted octanol–water partition coefficient (Wildman–Crippen LogP) is 3.18. The summed E-state index contributed by atoms with van der Waals surface area (Å²) < 4.78 is 0. The summed E-state index contributed by atoms with van der Waals surface area (Å²) in [5.41, 5.74) is 11.4. The molecule has 0 atom stereocenters. The lowest BCUT2D eigenvalue weighted by atomic mass is 10.0. The summed E-state index contributed by atoms with van der Waals surface area (Å²) in [6, 6.07) is 14.6. The van der Waals surface area contributed by atoms with Crippen LogP contribution in [-0.4, -0.2) is 5.11 Å². The Balaban J connectivity index is 1.97. The monoisotopic (exact) mass is 269 g/mol. The third-order valence-electron chi connectivity index (χ3n) is 3.33. The van der Waals surface area contributed by atoms with Gasteiger partial charge in [0.25, 0.3) is 0 Å². The van der Waals surface area contributed by atoms with Crippen molar-refractivity contribution in [3.8, 4) is 0 Å². The van der Waals surface area contributed by atoms with Gasteiger partial charge in [-0.1, -0.05) is 24.3 Å². The van der Waals surface area contributed by atoms with Crippen LogP contribution < -0.4 is 16.4 Å². The number of fused-ring (bicyclic) bond motifs is 2. The van der Waals surface area contributed by atoms with Gasteiger partial charge in [0.2, 0.25) is 0 Å². The van der Waals surface area contributed by atoms with Crippen molar-refractivity contribution in [2.45, 2.75) is 12.8 Å². The maximum Gasteiger partial charge on any atom is 0.168 e. The lowest BCUT2D eigenvalue weighted by molar-refractivity contribution is 0.978. The fourth-order valence-electron chi connectivity index (χ4n) is 2.41. The number of rotatable bonds is 1. The lowest BCUT2D eigenvalue weighted by Crippen LogP contribution is -2.18. The van der Waals surface area contributed by atoms with E-state index in [4.69, 9.17) is 18.0 Å². The summed E-state index contributed by atoms with van der Waals surface area (Å²) in [6.45, 7) is 0. The van der Waals surface area contributed by atoms with Crippen molar-refractivity contribution in [3.05, 3.63) is 53.6 Å². The van der Waals surface area contributed by atoms with Crippen molar-refractivity contribution in [1.29, 1.82) is 0 Å². The van der Waals surface area contributed by atoms with Crippen LogP contribution in [0.15, 0.2) is 42.5 Å². The molecule has 0 fully saturated rings. The fraction of sp³-hybridized carbons (Fsp3) is 0.133. The molecule has 2 aromatic carbocycles. The molecule has 0 aliphatic carbocycles. The van der Waals surface area contributed by atoms with Crippen LogP contribution in [-0.2, 0) is 12.8 Å². The molecule has 0 aromatic heterocycles. The van der Waals surface area contributed by atoms with Gasteiger partial charge in [-0.3, -0.25) is 0 Å². The molecule has 96 valence electrons. The largest absolute Gasteiger partial charge is 0.376 e. The first-order chi connectivity index (χ1) is 9.22. The van der Waals surface area contributed by atoms with Gasteiger partial charge >= 0.3 is 0 Å². The van der Waals surface area contributed by atoms with Crippen LogP contribution in [0.4, 0.5) is 17.1 Å². The number of anilines is 3. The minimum Gasteiger partial charge on any atom is -0.376 e. The van der Waals surface area contributed by atoms with E-state index in [1.165, 1.54) is 16.8 Å². The lowest BCUT2D eigenvalue weighted by Gasteiger charge is -2.12. The van der Waals surface area contributed by atoms with E-state index in [2.05, 4.69) is 41.0 Å². The molecule has 0 saturated heterocycles. The van der Waals surface area contributed by atoms with Crippen LogP contribution in [0.1, 0.15) is 11.1 Å². The zero-order chi connectivity index (χ0) is 13.2. The van der Waals surface area contributed by atoms with Crippen molar-refractivity contribution in [1.82, 2.24) is 0 Å². The number of thiocarbonyl (C=S) groups is 1. The van der Waals surface area contributed by atoms with E-state index in [1.807, 2.05) is 12.1 Å². The molecular formula is C15H15N3S. The second-order valence-electron chi connectivity index (χ2n) is 4.64. The van der Waals surface area contributed by atoms with Gasteiger partial charge < -0.3 is 16.4 Å². The number of hydrogen-bond acceptors (Lipinski definition) is 2. The minimum absolute atomic E-state index is 0.286. The molecule has 0 radical (unpaired) electrons. The molecule has 0 amide bonds. The number of hydrogen-bond donors (Lipinski definition) is 3. The first kappa shape index (κ1) is 12.0. The van der Waals surface area contributed by atoms with Crippen LogP contribution in [0, 0.1) is 0 Å². The number of benzene rings is 2. The zero-order valence-corrected chi connectivity index (χ0v) is 11.3. The molecule has 1 heterocycles. The topological polar surface area (TPSA) is 50.1 Å². The van der Waals surface area contributed by atoms with Crippen LogP contribution in [0.25, 0.3) is 0 Å². The normalized spacial score (nSPS) is 12.6. The number of nitrogens with one attached hydrogen (secondary N) is 2. The highest BCUT2D eigenvalue weighted by atomic mass is 32.1. The van der Waals surface area contributed by atoms with Crippen LogP contribution in [0.3, 0.4) is 0 Å². The van der Waals surface area contributed by atoms with E-state index in [0.29, 0.717) is 0 Å². The molecule has 2 aromatic rings. The molecular weight excluding hydrogens is 254 g/mol. The summed E-state index contributed by atoms with van der Waals surface area (Å²) in [5.74, 6) is 0. The van der Waals surface area contributed by atoms with Crippen LogP contribution in [0.5, 0.6) is 0 Å². The van der Waals surface area contributed by atoms with Gasteiger partial charge in [0.05, 0.1) is 0 Å². The maximum absolute atomic E-state index is 5.51. The molecule has 1 aliphatic heterocycles. The Morgan fingerprint density at radius 2 is 1.79 bits per heavy atom. The molecule has 4 N–H and O–H groups in total. The van der Waals surface area contributed by atoms with E-state index in [-0.39, 0.29) is 5.11 Å². The SMILES string of the molecule is NC(=S)Nc1ccc2c(c1)Nc1ccccc1CC2. The van der Waals surface area contributed by atoms with Crippen molar-refractivity contribution in [3.63, 3.8) is 0 Å². The summed E-state index contributed by atoms with van der Waals surface area (Å²) in [7, 11) is 0. The molecule has 3 nitrogen and oxygen atoms in total. The van der Waals surface area contributed by atoms with Gasteiger partial charge in [-0.15, -0.1) is 0 Å². The average molecular weight is 269 g/mol. The van der Waals surface area contributed by atoms with Gasteiger partial charge in [-0.05, 0) is 54.4 Å². The molecule has 4 heteroatoms. The highest BCUT2D eigenvalue weighted by molar-refractivity contribution is 7.80. The van der Waals surface area contributed by atoms with E-state index in [0.717, 1.165) is 24.2 Å². The quantitative estimate of drug-likeness (QED) is 0.696. The Morgan fingerprint density at radius 3 is 2.58 bits per heavy atom. The van der Waals surface area contributed by atoms with Crippen molar-refractivity contribution >= 4 is 34.4 Å². The third kappa shape index (κ3) is 2.53. The van der Waals surface area contributed by atoms with Crippen molar-refractivity contribution in [2.75, 3.05) is 10.6 Å². The van der Waals surface area contributed by atoms with E-state index < -0.39 is 0 Å². The van der Waals surface area contributed by atoms with Crippen LogP contribution >= 0.6 is 12.2 Å². The zero-order valence-electron chi connectivity index (χ0n) is 10.4. The third-order valence-corrected chi connectivity index (χ3v) is 3.43. The fourth-order valence-corrected chi connectivity index (χ4v) is 2.52. The molecule has 19 heavy (non-hydrogen) atoms. The Hall–Kier alpha value is -2.07. The average Bonchev–Trinajstić information content (AvgIpc) is 2.56. The Kier molecular flexibility index (Phi) is 3.09. The van der Waals surface area contributed by atoms with E-state index in [1.54, 1.807) is 0 Å². The first-order valence-corrected chi connectivity index (χ1v) is 6.67. The minimum atomic E-state index is 0.286. The smallest absolute Gasteiger partial charge is 0.168 e. The highest BCUT2D eigenvalue weighted by Crippen LogP contribution is 2.31. The molecule has 0 unspecified atom stereocenters. The second-order valence-corrected chi connectivity index (χ2v) is 5.08. The first-order valence-electron chi connectivity index (χ1n) is 6.27. The number of para-hydroxylation sites is 1. The molecule has 0 saturated carbocycles. The van der Waals surface area contributed by atoms with Gasteiger partial charge in [0.1, 0.15) is 0 Å². The van der Waals surface area contributed by atoms with E-state index >= 15 is 0 Å². The number of aryl methyl sites for hydroxylation is 2. The Bertz CT molecular complexity index is 637. The Morgan fingerprint density at radius 1 is 1.05 bits per heavy atom. The standard InChI is InChI=1S/C15H15N3S/c16-15(19)17-12-8-7-11-6-5-10-3-1-2-4-13(10)18-14(11)9-12/h1-4,7-9,18H,5-6H2,(H3,16,17,19). The van der Waals surface area contributed by atoms with Crippen LogP contribution in [0.2, 0.25) is 0 Å². The second kappa shape index (κ2) is 4.90. The summed E-state index contributed by atoms with van der Waals surface area (Å²) in [5, 5.41) is 6.75. The number of nitrogens with two attached hydrogens (primary N) is 1. The summed E-state index contributed by atoms with van der Waals surface area (Å²) in [4.78, 5) is 0. The van der Waals surface area contributed by atoms with Gasteiger partial charge in [-0.2, -0.15) is 0 Å². The van der Waals surface area contributed by atoms with Crippen molar-refractivity contribution < 1.29 is 0 Å². The predicted molar refractivity (Wildman–Crippen MR) is 84.0 cm³/mol. The summed E-state index contributed by atoms with van der Waals surface area (Å²) in [6.07, 6.45) is 2.09. The molecule has 1 aliphatic rings.